The summed E-state index contributed by atoms with van der Waals surface area (Å²) in [6.45, 7) is 0. The van der Waals surface area contributed by atoms with E-state index in [-0.39, 0.29) is 0 Å². The van der Waals surface area contributed by atoms with Crippen molar-refractivity contribution in [1.82, 2.24) is 9.97 Å². The summed E-state index contributed by atoms with van der Waals surface area (Å²) in [5.41, 5.74) is 4.64. The standard InChI is InChI=1S/C13H10N4S/c1-2-4-12-10(3-1)5-6-11(16-12)9-15-17-13-14-7-8-18-13/h1-9H,(H,14,17). The van der Waals surface area contributed by atoms with Crippen LogP contribution in [0.1, 0.15) is 5.69 Å². The van der Waals surface area contributed by atoms with Crippen molar-refractivity contribution >= 4 is 33.6 Å². The Bertz CT molecular complexity index is 676. The lowest BCUT2D eigenvalue weighted by Gasteiger charge is -1.98. The average Bonchev–Trinajstić information content (AvgIpc) is 2.92. The smallest absolute Gasteiger partial charge is 0.203 e. The van der Waals surface area contributed by atoms with Crippen LogP contribution in [0.5, 0.6) is 0 Å². The van der Waals surface area contributed by atoms with Gasteiger partial charge in [-0.25, -0.2) is 9.97 Å². The number of fused-ring (bicyclic) bond motifs is 1. The Kier molecular flexibility index (Phi) is 2.97. The highest BCUT2D eigenvalue weighted by Crippen LogP contribution is 2.11. The molecule has 0 radical (unpaired) electrons. The Labute approximate surface area is 108 Å². The molecular formula is C13H10N4S. The fourth-order valence-corrected chi connectivity index (χ4v) is 2.06. The summed E-state index contributed by atoms with van der Waals surface area (Å²) in [5, 5.41) is 7.89. The van der Waals surface area contributed by atoms with Crippen LogP contribution in [0.25, 0.3) is 10.9 Å². The molecule has 2 aromatic heterocycles. The number of benzene rings is 1. The van der Waals surface area contributed by atoms with Crippen LogP contribution >= 0.6 is 11.3 Å². The number of nitrogens with one attached hydrogen (secondary N) is 1. The molecule has 1 aromatic carbocycles. The molecule has 0 fully saturated rings. The van der Waals surface area contributed by atoms with E-state index in [9.17, 15) is 0 Å². The zero-order valence-corrected chi connectivity index (χ0v) is 10.3. The Morgan fingerprint density at radius 2 is 2.11 bits per heavy atom. The van der Waals surface area contributed by atoms with Crippen molar-refractivity contribution in [3.05, 3.63) is 53.7 Å². The third-order valence-corrected chi connectivity index (χ3v) is 3.09. The lowest BCUT2D eigenvalue weighted by molar-refractivity contribution is 1.28. The molecule has 0 spiro atoms. The maximum Gasteiger partial charge on any atom is 0.203 e. The van der Waals surface area contributed by atoms with Crippen LogP contribution in [0.4, 0.5) is 5.13 Å². The summed E-state index contributed by atoms with van der Waals surface area (Å²) in [4.78, 5) is 8.56. The molecule has 0 aliphatic carbocycles. The topological polar surface area (TPSA) is 50.2 Å². The van der Waals surface area contributed by atoms with Gasteiger partial charge in [0.2, 0.25) is 5.13 Å². The van der Waals surface area contributed by atoms with E-state index in [4.69, 9.17) is 0 Å². The molecule has 0 aliphatic rings. The van der Waals surface area contributed by atoms with Gasteiger partial charge < -0.3 is 0 Å². The minimum atomic E-state index is 0.770. The van der Waals surface area contributed by atoms with Crippen LogP contribution in [0.2, 0.25) is 0 Å². The van der Waals surface area contributed by atoms with Gasteiger partial charge in [-0.05, 0) is 12.1 Å². The van der Waals surface area contributed by atoms with E-state index in [2.05, 4.69) is 20.5 Å². The molecule has 0 aliphatic heterocycles. The molecule has 1 N–H and O–H groups in total. The summed E-state index contributed by atoms with van der Waals surface area (Å²) in [6.07, 6.45) is 3.42. The molecule has 0 saturated heterocycles. The van der Waals surface area contributed by atoms with Crippen molar-refractivity contribution in [2.24, 2.45) is 5.10 Å². The number of aromatic nitrogens is 2. The average molecular weight is 254 g/mol. The first kappa shape index (κ1) is 10.9. The number of nitrogens with zero attached hydrogens (tertiary/aromatic N) is 3. The van der Waals surface area contributed by atoms with Crippen LogP contribution < -0.4 is 5.43 Å². The van der Waals surface area contributed by atoms with Crippen molar-refractivity contribution in [3.63, 3.8) is 0 Å². The van der Waals surface area contributed by atoms with Crippen LogP contribution in [0.15, 0.2) is 53.1 Å². The molecule has 3 aromatic rings. The first-order valence-corrected chi connectivity index (χ1v) is 6.34. The summed E-state index contributed by atoms with van der Waals surface area (Å²) >= 11 is 1.50. The Morgan fingerprint density at radius 1 is 1.17 bits per heavy atom. The van der Waals surface area contributed by atoms with E-state index in [1.807, 2.05) is 41.8 Å². The number of thiazole rings is 1. The second-order valence-electron chi connectivity index (χ2n) is 3.64. The molecule has 0 amide bonds. The van der Waals surface area contributed by atoms with Gasteiger partial charge in [-0.2, -0.15) is 5.10 Å². The van der Waals surface area contributed by atoms with Gasteiger partial charge in [-0.3, -0.25) is 5.43 Å². The Hall–Kier alpha value is -2.27. The van der Waals surface area contributed by atoms with E-state index in [1.165, 1.54) is 11.3 Å². The number of hydrogen-bond donors (Lipinski definition) is 1. The molecule has 0 atom stereocenters. The van der Waals surface area contributed by atoms with Crippen LogP contribution in [-0.2, 0) is 0 Å². The number of pyridine rings is 1. The normalized spacial score (nSPS) is 11.1. The number of hydrogen-bond acceptors (Lipinski definition) is 5. The highest BCUT2D eigenvalue weighted by atomic mass is 32.1. The van der Waals surface area contributed by atoms with Gasteiger partial charge in [-0.1, -0.05) is 24.3 Å². The van der Waals surface area contributed by atoms with Gasteiger partial charge >= 0.3 is 0 Å². The quantitative estimate of drug-likeness (QED) is 0.577. The van der Waals surface area contributed by atoms with Crippen LogP contribution in [0.3, 0.4) is 0 Å². The fourth-order valence-electron chi connectivity index (χ4n) is 1.59. The highest BCUT2D eigenvalue weighted by Gasteiger charge is 1.95. The van der Waals surface area contributed by atoms with E-state index in [1.54, 1.807) is 12.4 Å². The maximum absolute atomic E-state index is 4.49. The predicted octanol–water partition coefficient (Wildman–Crippen LogP) is 3.14. The first-order chi connectivity index (χ1) is 8.92. The van der Waals surface area contributed by atoms with E-state index < -0.39 is 0 Å². The maximum atomic E-state index is 4.49. The molecule has 4 nitrogen and oxygen atoms in total. The highest BCUT2D eigenvalue weighted by molar-refractivity contribution is 7.13. The zero-order valence-electron chi connectivity index (χ0n) is 9.45. The number of para-hydroxylation sites is 1. The van der Waals surface area contributed by atoms with Crippen molar-refractivity contribution in [1.29, 1.82) is 0 Å². The van der Waals surface area contributed by atoms with Crippen molar-refractivity contribution < 1.29 is 0 Å². The van der Waals surface area contributed by atoms with Gasteiger partial charge in [0.25, 0.3) is 0 Å². The van der Waals surface area contributed by atoms with E-state index >= 15 is 0 Å². The summed E-state index contributed by atoms with van der Waals surface area (Å²) in [7, 11) is 0. The molecule has 0 bridgehead atoms. The minimum absolute atomic E-state index is 0.770. The zero-order chi connectivity index (χ0) is 12.2. The number of rotatable bonds is 3. The van der Waals surface area contributed by atoms with Crippen molar-refractivity contribution in [2.75, 3.05) is 5.43 Å². The SMILES string of the molecule is C(=NNc1nccs1)c1ccc2ccccc2n1. The molecule has 5 heteroatoms. The van der Waals surface area contributed by atoms with E-state index in [0.717, 1.165) is 21.7 Å². The largest absolute Gasteiger partial charge is 0.253 e. The van der Waals surface area contributed by atoms with E-state index in [0.29, 0.717) is 0 Å². The van der Waals surface area contributed by atoms with Gasteiger partial charge in [-0.15, -0.1) is 11.3 Å². The monoisotopic (exact) mass is 254 g/mol. The molecular weight excluding hydrogens is 244 g/mol. The minimum Gasteiger partial charge on any atom is -0.253 e. The summed E-state index contributed by atoms with van der Waals surface area (Å²) in [6, 6.07) is 12.0. The summed E-state index contributed by atoms with van der Waals surface area (Å²) < 4.78 is 0. The second-order valence-corrected chi connectivity index (χ2v) is 4.53. The Morgan fingerprint density at radius 3 is 3.00 bits per heavy atom. The van der Waals surface area contributed by atoms with Crippen LogP contribution in [-0.4, -0.2) is 16.2 Å². The number of hydrazone groups is 1. The molecule has 0 saturated carbocycles. The van der Waals surface area contributed by atoms with Crippen LogP contribution in [0, 0.1) is 0 Å². The lowest BCUT2D eigenvalue weighted by atomic mass is 10.2. The summed E-state index contributed by atoms with van der Waals surface area (Å²) in [5.74, 6) is 0. The first-order valence-electron chi connectivity index (χ1n) is 5.46. The van der Waals surface area contributed by atoms with Gasteiger partial charge in [0, 0.05) is 17.0 Å². The van der Waals surface area contributed by atoms with Gasteiger partial charge in [0.15, 0.2) is 0 Å². The Balaban J connectivity index is 1.80. The second kappa shape index (κ2) is 4.93. The third kappa shape index (κ3) is 2.36. The lowest BCUT2D eigenvalue weighted by Crippen LogP contribution is -1.92. The third-order valence-electron chi connectivity index (χ3n) is 2.41. The molecule has 18 heavy (non-hydrogen) atoms. The molecule has 88 valence electrons. The van der Waals surface area contributed by atoms with Gasteiger partial charge in [0.05, 0.1) is 17.4 Å². The fraction of sp³-hybridized carbons (Fsp3) is 0. The van der Waals surface area contributed by atoms with Crippen molar-refractivity contribution in [2.45, 2.75) is 0 Å². The predicted molar refractivity (Wildman–Crippen MR) is 75.1 cm³/mol. The molecule has 3 rings (SSSR count). The molecule has 0 unspecified atom stereocenters. The number of anilines is 1. The van der Waals surface area contributed by atoms with Gasteiger partial charge in [0.1, 0.15) is 0 Å². The van der Waals surface area contributed by atoms with Crippen molar-refractivity contribution in [3.8, 4) is 0 Å². The molecule has 2 heterocycles.